The van der Waals surface area contributed by atoms with Gasteiger partial charge in [-0.1, -0.05) is 52.1 Å². The number of benzene rings is 1. The highest BCUT2D eigenvalue weighted by atomic mass is 79.9. The Morgan fingerprint density at radius 1 is 1.44 bits per heavy atom. The first kappa shape index (κ1) is 13.6. The maximum Gasteiger partial charge on any atom is 0.154 e. The van der Waals surface area contributed by atoms with E-state index in [4.69, 9.17) is 21.9 Å². The van der Waals surface area contributed by atoms with Crippen molar-refractivity contribution < 1.29 is 4.52 Å². The van der Waals surface area contributed by atoms with Crippen LogP contribution in [-0.4, -0.2) is 5.16 Å². The summed E-state index contributed by atoms with van der Waals surface area (Å²) in [4.78, 5) is 0. The maximum atomic E-state index is 5.99. The van der Waals surface area contributed by atoms with Crippen LogP contribution >= 0.6 is 27.5 Å². The molecule has 96 valence electrons. The number of nitrogens with two attached hydrogens (primary N) is 1. The molecule has 0 aliphatic carbocycles. The number of aromatic nitrogens is 1. The van der Waals surface area contributed by atoms with E-state index in [1.807, 2.05) is 24.3 Å². The van der Waals surface area contributed by atoms with Crippen molar-refractivity contribution in [1.82, 2.24) is 5.16 Å². The van der Waals surface area contributed by atoms with Gasteiger partial charge in [-0.15, -0.1) is 0 Å². The van der Waals surface area contributed by atoms with Crippen molar-refractivity contribution in [2.24, 2.45) is 5.73 Å². The maximum absolute atomic E-state index is 5.99. The van der Waals surface area contributed by atoms with Gasteiger partial charge in [0, 0.05) is 21.1 Å². The van der Waals surface area contributed by atoms with Gasteiger partial charge in [-0.25, -0.2) is 0 Å². The van der Waals surface area contributed by atoms with E-state index in [-0.39, 0.29) is 6.04 Å². The fourth-order valence-electron chi connectivity index (χ4n) is 1.74. The summed E-state index contributed by atoms with van der Waals surface area (Å²) >= 11 is 9.37. The Kier molecular flexibility index (Phi) is 4.43. The largest absolute Gasteiger partial charge is 0.359 e. The number of nitrogens with zero attached hydrogens (tertiary/aromatic N) is 1. The number of hydrogen-bond donors (Lipinski definition) is 1. The van der Waals surface area contributed by atoms with E-state index >= 15 is 0 Å². The topological polar surface area (TPSA) is 52.0 Å². The van der Waals surface area contributed by atoms with E-state index in [0.29, 0.717) is 10.8 Å². The lowest BCUT2D eigenvalue weighted by Gasteiger charge is -2.03. The van der Waals surface area contributed by atoms with E-state index in [1.54, 1.807) is 0 Å². The molecule has 2 rings (SSSR count). The molecule has 0 aliphatic rings. The Bertz CT molecular complexity index is 542. The Morgan fingerprint density at radius 2 is 2.22 bits per heavy atom. The lowest BCUT2D eigenvalue weighted by molar-refractivity contribution is 0.356. The highest BCUT2D eigenvalue weighted by Gasteiger charge is 2.14. The zero-order valence-corrected chi connectivity index (χ0v) is 12.3. The van der Waals surface area contributed by atoms with Gasteiger partial charge in [0.1, 0.15) is 5.69 Å². The minimum atomic E-state index is -0.0951. The van der Waals surface area contributed by atoms with Crippen LogP contribution < -0.4 is 5.73 Å². The second-order valence-electron chi connectivity index (χ2n) is 4.13. The summed E-state index contributed by atoms with van der Waals surface area (Å²) in [6.07, 6.45) is 1.90. The summed E-state index contributed by atoms with van der Waals surface area (Å²) < 4.78 is 6.18. The molecule has 2 aromatic rings. The van der Waals surface area contributed by atoms with Crippen molar-refractivity contribution in [3.8, 4) is 11.3 Å². The molecule has 1 unspecified atom stereocenters. The smallest absolute Gasteiger partial charge is 0.154 e. The van der Waals surface area contributed by atoms with E-state index in [1.165, 1.54) is 0 Å². The van der Waals surface area contributed by atoms with Gasteiger partial charge in [0.25, 0.3) is 0 Å². The molecule has 0 spiro atoms. The Morgan fingerprint density at radius 3 is 2.89 bits per heavy atom. The zero-order chi connectivity index (χ0) is 13.1. The molecule has 0 fully saturated rings. The average Bonchev–Trinajstić information content (AvgIpc) is 2.78. The lowest BCUT2D eigenvalue weighted by Crippen LogP contribution is -2.08. The van der Waals surface area contributed by atoms with Crippen molar-refractivity contribution >= 4 is 27.5 Å². The molecule has 0 bridgehead atoms. The molecule has 1 aromatic heterocycles. The first-order chi connectivity index (χ1) is 8.61. The molecule has 3 nitrogen and oxygen atoms in total. The Hall–Kier alpha value is -0.840. The number of halogens is 2. The average molecular weight is 330 g/mol. The van der Waals surface area contributed by atoms with Crippen LogP contribution in [0, 0.1) is 0 Å². The van der Waals surface area contributed by atoms with Crippen LogP contribution in [0.15, 0.2) is 33.3 Å². The van der Waals surface area contributed by atoms with E-state index in [2.05, 4.69) is 28.0 Å². The molecular formula is C13H14BrClN2O. The Labute approximate surface area is 119 Å². The minimum Gasteiger partial charge on any atom is -0.359 e. The van der Waals surface area contributed by atoms with Gasteiger partial charge in [-0.05, 0) is 18.6 Å². The first-order valence-corrected chi connectivity index (χ1v) is 6.96. The van der Waals surface area contributed by atoms with Crippen molar-refractivity contribution in [2.45, 2.75) is 25.8 Å². The summed E-state index contributed by atoms with van der Waals surface area (Å²) in [5.41, 5.74) is 7.70. The Balaban J connectivity index is 2.29. The third-order valence-corrected chi connectivity index (χ3v) is 3.59. The van der Waals surface area contributed by atoms with Gasteiger partial charge in [0.2, 0.25) is 0 Å². The van der Waals surface area contributed by atoms with Crippen LogP contribution in [0.25, 0.3) is 11.3 Å². The molecule has 2 N–H and O–H groups in total. The van der Waals surface area contributed by atoms with Gasteiger partial charge in [-0.2, -0.15) is 0 Å². The summed E-state index contributed by atoms with van der Waals surface area (Å²) in [5.74, 6) is 0.716. The summed E-state index contributed by atoms with van der Waals surface area (Å²) in [6, 6.07) is 7.34. The van der Waals surface area contributed by atoms with E-state index < -0.39 is 0 Å². The molecule has 0 saturated heterocycles. The van der Waals surface area contributed by atoms with Crippen molar-refractivity contribution in [3.63, 3.8) is 0 Å². The molecule has 1 heterocycles. The third-order valence-electron chi connectivity index (χ3n) is 2.70. The quantitative estimate of drug-likeness (QED) is 0.894. The van der Waals surface area contributed by atoms with Crippen LogP contribution in [-0.2, 0) is 0 Å². The fraction of sp³-hybridized carbons (Fsp3) is 0.308. The lowest BCUT2D eigenvalue weighted by atomic mass is 10.1. The molecule has 1 atom stereocenters. The van der Waals surface area contributed by atoms with E-state index in [0.717, 1.165) is 28.6 Å². The van der Waals surface area contributed by atoms with Crippen LogP contribution in [0.2, 0.25) is 5.02 Å². The molecule has 1 aromatic carbocycles. The minimum absolute atomic E-state index is 0.0951. The monoisotopic (exact) mass is 328 g/mol. The first-order valence-electron chi connectivity index (χ1n) is 5.79. The molecule has 18 heavy (non-hydrogen) atoms. The summed E-state index contributed by atoms with van der Waals surface area (Å²) in [6.45, 7) is 2.09. The highest BCUT2D eigenvalue weighted by molar-refractivity contribution is 9.10. The second kappa shape index (κ2) is 5.87. The summed E-state index contributed by atoms with van der Waals surface area (Å²) in [7, 11) is 0. The highest BCUT2D eigenvalue weighted by Crippen LogP contribution is 2.31. The van der Waals surface area contributed by atoms with Crippen molar-refractivity contribution in [3.05, 3.63) is 39.5 Å². The molecule has 0 amide bonds. The SMILES string of the molecule is CCCC(N)c1cc(-c2ccc(Cl)cc2Br)no1. The zero-order valence-electron chi connectivity index (χ0n) is 9.99. The predicted molar refractivity (Wildman–Crippen MR) is 76.5 cm³/mol. The van der Waals surface area contributed by atoms with Gasteiger partial charge in [0.15, 0.2) is 5.76 Å². The van der Waals surface area contributed by atoms with Gasteiger partial charge >= 0.3 is 0 Å². The molecule has 0 saturated carbocycles. The van der Waals surface area contributed by atoms with Crippen LogP contribution in [0.5, 0.6) is 0 Å². The second-order valence-corrected chi connectivity index (χ2v) is 5.42. The normalized spacial score (nSPS) is 12.7. The van der Waals surface area contributed by atoms with Crippen LogP contribution in [0.4, 0.5) is 0 Å². The number of rotatable bonds is 4. The third kappa shape index (κ3) is 2.94. The molecule has 0 radical (unpaired) electrons. The molecule has 5 heteroatoms. The standard InChI is InChI=1S/C13H14BrClN2O/c1-2-3-11(16)13-7-12(17-18-13)9-5-4-8(15)6-10(9)14/h4-7,11H,2-3,16H2,1H3. The summed E-state index contributed by atoms with van der Waals surface area (Å²) in [5, 5.41) is 4.73. The predicted octanol–water partition coefficient (Wildman–Crippen LogP) is 4.56. The van der Waals surface area contributed by atoms with Gasteiger partial charge < -0.3 is 10.3 Å². The van der Waals surface area contributed by atoms with Gasteiger partial charge in [-0.3, -0.25) is 0 Å². The number of hydrogen-bond acceptors (Lipinski definition) is 3. The molecular weight excluding hydrogens is 316 g/mol. The van der Waals surface area contributed by atoms with Crippen LogP contribution in [0.1, 0.15) is 31.6 Å². The van der Waals surface area contributed by atoms with Crippen molar-refractivity contribution in [1.29, 1.82) is 0 Å². The molecule has 0 aliphatic heterocycles. The van der Waals surface area contributed by atoms with Crippen LogP contribution in [0.3, 0.4) is 0 Å². The van der Waals surface area contributed by atoms with E-state index in [9.17, 15) is 0 Å². The van der Waals surface area contributed by atoms with Gasteiger partial charge in [0.05, 0.1) is 6.04 Å². The fourth-order valence-corrected chi connectivity index (χ4v) is 2.63. The van der Waals surface area contributed by atoms with Crippen molar-refractivity contribution in [2.75, 3.05) is 0 Å².